The molecule has 7 nitrogen and oxygen atoms in total. The van der Waals surface area contributed by atoms with Gasteiger partial charge in [0.2, 0.25) is 6.79 Å². The number of allylic oxidation sites excluding steroid dienone is 1. The normalized spacial score (nSPS) is 16.2. The summed E-state index contributed by atoms with van der Waals surface area (Å²) in [5.74, 6) is 2.13. The molecule has 0 radical (unpaired) electrons. The number of piperidine rings is 1. The third-order valence-electron chi connectivity index (χ3n) is 7.35. The van der Waals surface area contributed by atoms with Gasteiger partial charge in [0.1, 0.15) is 24.2 Å². The number of likely N-dealkylation sites (tertiary alicyclic amines) is 1. The zero-order valence-electron chi connectivity index (χ0n) is 23.2. The number of rotatable bonds is 10. The lowest BCUT2D eigenvalue weighted by molar-refractivity contribution is -0.149. The molecule has 1 unspecified atom stereocenters. The van der Waals surface area contributed by atoms with E-state index in [0.717, 1.165) is 58.8 Å². The fourth-order valence-electron chi connectivity index (χ4n) is 5.45. The highest BCUT2D eigenvalue weighted by Gasteiger charge is 2.21. The predicted octanol–water partition coefficient (Wildman–Crippen LogP) is 6.29. The highest BCUT2D eigenvalue weighted by atomic mass is 16.7. The maximum atomic E-state index is 11.7. The molecule has 3 aromatic rings. The molecule has 1 N–H and O–H groups in total. The fourth-order valence-corrected chi connectivity index (χ4v) is 5.45. The minimum Gasteiger partial charge on any atom is -0.508 e. The van der Waals surface area contributed by atoms with Gasteiger partial charge in [0.05, 0.1) is 0 Å². The molecule has 40 heavy (non-hydrogen) atoms. The second-order valence-electron chi connectivity index (χ2n) is 10.3. The number of ether oxygens (including phenoxy) is 4. The molecule has 0 amide bonds. The number of phenolic OH excluding ortho intramolecular Hbond substituents is 1. The number of esters is 1. The Hall–Kier alpha value is -3.97. The van der Waals surface area contributed by atoms with Crippen LogP contribution in [0.3, 0.4) is 0 Å². The Morgan fingerprint density at radius 2 is 1.55 bits per heavy atom. The average molecular weight is 544 g/mol. The molecule has 0 spiro atoms. The minimum absolute atomic E-state index is 0.222. The lowest BCUT2D eigenvalue weighted by atomic mass is 9.88. The van der Waals surface area contributed by atoms with Crippen LogP contribution in [0.4, 0.5) is 0 Å². The van der Waals surface area contributed by atoms with Gasteiger partial charge in [0, 0.05) is 13.5 Å². The number of hydrogen-bond acceptors (Lipinski definition) is 7. The molecule has 0 aliphatic carbocycles. The van der Waals surface area contributed by atoms with Gasteiger partial charge in [-0.25, -0.2) is 0 Å². The Morgan fingerprint density at radius 1 is 0.900 bits per heavy atom. The lowest BCUT2D eigenvalue weighted by Gasteiger charge is -2.30. The summed E-state index contributed by atoms with van der Waals surface area (Å²) in [7, 11) is 0. The zero-order chi connectivity index (χ0) is 27.9. The molecule has 2 aliphatic heterocycles. The summed E-state index contributed by atoms with van der Waals surface area (Å²) in [6.45, 7) is 6.85. The van der Waals surface area contributed by atoms with Gasteiger partial charge in [-0.05, 0) is 96.6 Å². The van der Waals surface area contributed by atoms with Crippen LogP contribution in [0.1, 0.15) is 56.2 Å². The van der Waals surface area contributed by atoms with Crippen molar-refractivity contribution in [1.82, 2.24) is 4.90 Å². The predicted molar refractivity (Wildman–Crippen MR) is 155 cm³/mol. The molecule has 2 aliphatic rings. The second kappa shape index (κ2) is 12.9. The van der Waals surface area contributed by atoms with Crippen LogP contribution < -0.4 is 14.2 Å². The van der Waals surface area contributed by atoms with E-state index in [-0.39, 0.29) is 24.6 Å². The quantitative estimate of drug-likeness (QED) is 0.238. The van der Waals surface area contributed by atoms with Crippen molar-refractivity contribution in [2.75, 3.05) is 33.0 Å². The van der Waals surface area contributed by atoms with Crippen molar-refractivity contribution in [2.24, 2.45) is 0 Å². The summed E-state index contributed by atoms with van der Waals surface area (Å²) in [5, 5.41) is 9.93. The van der Waals surface area contributed by atoms with Crippen molar-refractivity contribution >= 4 is 17.1 Å². The molecular formula is C33H37NO6. The molecule has 0 bridgehead atoms. The van der Waals surface area contributed by atoms with Crippen LogP contribution in [0.5, 0.6) is 23.0 Å². The molecule has 3 aromatic carbocycles. The number of fused-ring (bicyclic) bond motifs is 1. The molecule has 7 heteroatoms. The van der Waals surface area contributed by atoms with Crippen LogP contribution >= 0.6 is 0 Å². The highest BCUT2D eigenvalue weighted by Crippen LogP contribution is 2.40. The molecule has 0 saturated carbocycles. The molecule has 210 valence electrons. The Balaban J connectivity index is 1.40. The summed E-state index contributed by atoms with van der Waals surface area (Å²) in [4.78, 5) is 14.1. The topological polar surface area (TPSA) is 77.5 Å². The smallest absolute Gasteiger partial charge is 0.303 e. The molecule has 1 fully saturated rings. The van der Waals surface area contributed by atoms with E-state index in [1.165, 1.54) is 26.2 Å². The second-order valence-corrected chi connectivity index (χ2v) is 10.3. The van der Waals surface area contributed by atoms with Crippen LogP contribution in [0.15, 0.2) is 66.7 Å². The summed E-state index contributed by atoms with van der Waals surface area (Å²) in [6.07, 6.45) is 4.08. The SMILES string of the molecule is CC/C(=C(\c1ccc(O)cc1)c1ccc(OCC(CN2CCCCC2)OC(C)=O)cc1)c1ccc2c(c1)OCO2. The van der Waals surface area contributed by atoms with Crippen molar-refractivity contribution < 1.29 is 28.8 Å². The third-order valence-corrected chi connectivity index (χ3v) is 7.35. The monoisotopic (exact) mass is 543 g/mol. The maximum absolute atomic E-state index is 11.7. The van der Waals surface area contributed by atoms with Gasteiger partial charge in [-0.2, -0.15) is 0 Å². The number of carbonyl (C=O) groups is 1. The standard InChI is InChI=1S/C33H37NO6/c1-3-30(26-11-16-31-32(19-26)39-22-38-31)33(24-7-12-27(36)13-8-24)25-9-14-28(15-10-25)37-21-29(40-23(2)35)20-34-17-5-4-6-18-34/h7-16,19,29,36H,3-6,17-18,20-22H2,1-2H3/b33-30-. The van der Waals surface area contributed by atoms with Crippen LogP contribution in [0, 0.1) is 0 Å². The largest absolute Gasteiger partial charge is 0.508 e. The van der Waals surface area contributed by atoms with E-state index in [1.54, 1.807) is 12.1 Å². The van der Waals surface area contributed by atoms with Crippen molar-refractivity contribution in [3.63, 3.8) is 0 Å². The van der Waals surface area contributed by atoms with Gasteiger partial charge in [0.15, 0.2) is 11.5 Å². The van der Waals surface area contributed by atoms with Crippen LogP contribution in [-0.2, 0) is 9.53 Å². The van der Waals surface area contributed by atoms with Crippen molar-refractivity contribution in [3.05, 3.63) is 83.4 Å². The van der Waals surface area contributed by atoms with Gasteiger partial charge in [0.25, 0.3) is 0 Å². The Bertz CT molecular complexity index is 1330. The van der Waals surface area contributed by atoms with Gasteiger partial charge in [-0.15, -0.1) is 0 Å². The Morgan fingerprint density at radius 3 is 2.23 bits per heavy atom. The van der Waals surface area contributed by atoms with Gasteiger partial charge in [-0.3, -0.25) is 9.69 Å². The van der Waals surface area contributed by atoms with E-state index in [4.69, 9.17) is 18.9 Å². The lowest BCUT2D eigenvalue weighted by Crippen LogP contribution is -2.40. The number of benzene rings is 3. The van der Waals surface area contributed by atoms with Crippen LogP contribution in [0.25, 0.3) is 11.1 Å². The van der Waals surface area contributed by atoms with Gasteiger partial charge in [-0.1, -0.05) is 43.7 Å². The van der Waals surface area contributed by atoms with Crippen molar-refractivity contribution in [3.8, 4) is 23.0 Å². The molecule has 1 atom stereocenters. The van der Waals surface area contributed by atoms with Gasteiger partial charge >= 0.3 is 5.97 Å². The molecular weight excluding hydrogens is 506 g/mol. The fraction of sp³-hybridized carbons (Fsp3) is 0.364. The molecule has 5 rings (SSSR count). The number of hydrogen-bond donors (Lipinski definition) is 1. The van der Waals surface area contributed by atoms with Crippen LogP contribution in [-0.4, -0.2) is 55.1 Å². The van der Waals surface area contributed by atoms with E-state index < -0.39 is 0 Å². The van der Waals surface area contributed by atoms with E-state index in [2.05, 4.69) is 17.9 Å². The summed E-state index contributed by atoms with van der Waals surface area (Å²) in [5.41, 5.74) is 5.29. The van der Waals surface area contributed by atoms with E-state index in [9.17, 15) is 9.90 Å². The summed E-state index contributed by atoms with van der Waals surface area (Å²) >= 11 is 0. The van der Waals surface area contributed by atoms with Gasteiger partial charge < -0.3 is 24.1 Å². The van der Waals surface area contributed by atoms with Crippen molar-refractivity contribution in [1.29, 1.82) is 0 Å². The first-order valence-corrected chi connectivity index (χ1v) is 14.1. The maximum Gasteiger partial charge on any atom is 0.303 e. The average Bonchev–Trinajstić information content (AvgIpc) is 3.44. The number of aromatic hydroxyl groups is 1. The third kappa shape index (κ3) is 6.77. The molecule has 0 aromatic heterocycles. The Kier molecular flexibility index (Phi) is 8.91. The first-order chi connectivity index (χ1) is 19.5. The zero-order valence-corrected chi connectivity index (χ0v) is 23.2. The molecule has 2 heterocycles. The highest BCUT2D eigenvalue weighted by molar-refractivity contribution is 5.99. The van der Waals surface area contributed by atoms with E-state index in [0.29, 0.717) is 18.9 Å². The number of nitrogens with zero attached hydrogens (tertiary/aromatic N) is 1. The first-order valence-electron chi connectivity index (χ1n) is 14.1. The number of phenols is 1. The Labute approximate surface area is 235 Å². The summed E-state index contributed by atoms with van der Waals surface area (Å²) in [6, 6.07) is 21.3. The van der Waals surface area contributed by atoms with Crippen molar-refractivity contribution in [2.45, 2.75) is 45.6 Å². The molecule has 1 saturated heterocycles. The van der Waals surface area contributed by atoms with Crippen LogP contribution in [0.2, 0.25) is 0 Å². The van der Waals surface area contributed by atoms with E-state index >= 15 is 0 Å². The first kappa shape index (κ1) is 27.6. The van der Waals surface area contributed by atoms with E-state index in [1.807, 2.05) is 48.5 Å². The number of carbonyl (C=O) groups excluding carboxylic acids is 1. The summed E-state index contributed by atoms with van der Waals surface area (Å²) < 4.78 is 22.8. The minimum atomic E-state index is -0.319.